The topological polar surface area (TPSA) is 114 Å². The van der Waals surface area contributed by atoms with Crippen LogP contribution >= 0.6 is 0 Å². The fourth-order valence-corrected chi connectivity index (χ4v) is 3.20. The Morgan fingerprint density at radius 2 is 2.17 bits per heavy atom. The summed E-state index contributed by atoms with van der Waals surface area (Å²) >= 11 is 0. The molecule has 1 aromatic rings. The van der Waals surface area contributed by atoms with Gasteiger partial charge in [-0.3, -0.25) is 9.59 Å². The number of carbonyl (C=O) groups is 2. The molecule has 1 saturated heterocycles. The van der Waals surface area contributed by atoms with Crippen LogP contribution in [-0.4, -0.2) is 46.5 Å². The molecule has 3 N–H and O–H groups in total. The third-order valence-corrected chi connectivity index (χ3v) is 4.82. The molecule has 0 bridgehead atoms. The van der Waals surface area contributed by atoms with E-state index in [2.05, 4.69) is 20.1 Å². The van der Waals surface area contributed by atoms with Gasteiger partial charge in [0.05, 0.1) is 18.0 Å². The second kappa shape index (κ2) is 7.53. The summed E-state index contributed by atoms with van der Waals surface area (Å²) in [5.74, 6) is -0.884. The number of nitrogens with one attached hydrogen (secondary N) is 3. The highest BCUT2D eigenvalue weighted by molar-refractivity contribution is 7.89. The smallest absolute Gasteiger partial charge is 0.320 e. The molecule has 0 radical (unpaired) electrons. The standard InChI is InChI=1S/C14H19N3O5S/c1-22-13(18)9-16-23(20,21)11-5-2-4-10(8-11)17-14(19)12-6-3-7-15-12/h2,4-5,8,12,15-16H,3,6-7,9H2,1H3,(H,17,19). The molecule has 1 fully saturated rings. The molecule has 0 spiro atoms. The molecule has 1 amide bonds. The van der Waals surface area contributed by atoms with Crippen LogP contribution in [0.4, 0.5) is 5.69 Å². The van der Waals surface area contributed by atoms with Gasteiger partial charge in [0, 0.05) is 5.69 Å². The maximum absolute atomic E-state index is 12.1. The molecule has 1 aliphatic heterocycles. The number of anilines is 1. The van der Waals surface area contributed by atoms with Crippen molar-refractivity contribution >= 4 is 27.6 Å². The number of methoxy groups -OCH3 is 1. The SMILES string of the molecule is COC(=O)CNS(=O)(=O)c1cccc(NC(=O)C2CCCN2)c1. The van der Waals surface area contributed by atoms with Crippen LogP contribution in [0, 0.1) is 0 Å². The van der Waals surface area contributed by atoms with Gasteiger partial charge in [-0.1, -0.05) is 6.07 Å². The Balaban J connectivity index is 2.06. The zero-order valence-electron chi connectivity index (χ0n) is 12.7. The number of amides is 1. The Hall–Kier alpha value is -1.97. The number of ether oxygens (including phenoxy) is 1. The van der Waals surface area contributed by atoms with Crippen LogP contribution in [-0.2, 0) is 24.3 Å². The summed E-state index contributed by atoms with van der Waals surface area (Å²) in [5.41, 5.74) is 0.379. The highest BCUT2D eigenvalue weighted by atomic mass is 32.2. The van der Waals surface area contributed by atoms with Crippen LogP contribution in [0.25, 0.3) is 0 Å². The summed E-state index contributed by atoms with van der Waals surface area (Å²) in [5, 5.41) is 5.75. The summed E-state index contributed by atoms with van der Waals surface area (Å²) in [6.07, 6.45) is 1.69. The van der Waals surface area contributed by atoms with E-state index in [9.17, 15) is 18.0 Å². The lowest BCUT2D eigenvalue weighted by atomic mass is 10.2. The largest absolute Gasteiger partial charge is 0.468 e. The number of carbonyl (C=O) groups excluding carboxylic acids is 2. The van der Waals surface area contributed by atoms with E-state index in [1.165, 1.54) is 25.3 Å². The maximum Gasteiger partial charge on any atom is 0.320 e. The quantitative estimate of drug-likeness (QED) is 0.619. The van der Waals surface area contributed by atoms with Crippen molar-refractivity contribution in [2.45, 2.75) is 23.8 Å². The average molecular weight is 341 g/mol. The van der Waals surface area contributed by atoms with Crippen LogP contribution in [0.2, 0.25) is 0 Å². The molecular weight excluding hydrogens is 322 g/mol. The van der Waals surface area contributed by atoms with Crippen molar-refractivity contribution < 1.29 is 22.7 Å². The van der Waals surface area contributed by atoms with Crippen molar-refractivity contribution in [1.29, 1.82) is 0 Å². The number of sulfonamides is 1. The van der Waals surface area contributed by atoms with Gasteiger partial charge in [-0.15, -0.1) is 0 Å². The first-order valence-corrected chi connectivity index (χ1v) is 8.61. The number of hydrogen-bond acceptors (Lipinski definition) is 6. The van der Waals surface area contributed by atoms with Crippen LogP contribution in [0.1, 0.15) is 12.8 Å². The second-order valence-electron chi connectivity index (χ2n) is 5.07. The first-order chi connectivity index (χ1) is 10.9. The summed E-state index contributed by atoms with van der Waals surface area (Å²) in [6.45, 7) is 0.339. The number of hydrogen-bond donors (Lipinski definition) is 3. The van der Waals surface area contributed by atoms with E-state index in [1.807, 2.05) is 0 Å². The Bertz CT molecular complexity index is 683. The summed E-state index contributed by atoms with van der Waals surface area (Å²) in [6, 6.07) is 5.58. The van der Waals surface area contributed by atoms with Crippen molar-refractivity contribution in [3.8, 4) is 0 Å². The van der Waals surface area contributed by atoms with Gasteiger partial charge in [0.15, 0.2) is 0 Å². The second-order valence-corrected chi connectivity index (χ2v) is 6.83. The van der Waals surface area contributed by atoms with Gasteiger partial charge >= 0.3 is 5.97 Å². The highest BCUT2D eigenvalue weighted by Crippen LogP contribution is 2.16. The molecule has 1 aromatic carbocycles. The molecule has 126 valence electrons. The molecule has 1 heterocycles. The van der Waals surface area contributed by atoms with Crippen LogP contribution in [0.3, 0.4) is 0 Å². The third kappa shape index (κ3) is 4.75. The molecule has 9 heteroatoms. The van der Waals surface area contributed by atoms with Crippen molar-refractivity contribution in [1.82, 2.24) is 10.0 Å². The first kappa shape index (κ1) is 17.4. The average Bonchev–Trinajstić information content (AvgIpc) is 3.07. The van der Waals surface area contributed by atoms with Crippen molar-refractivity contribution in [3.63, 3.8) is 0 Å². The van der Waals surface area contributed by atoms with Gasteiger partial charge < -0.3 is 15.4 Å². The zero-order valence-corrected chi connectivity index (χ0v) is 13.5. The van der Waals surface area contributed by atoms with E-state index >= 15 is 0 Å². The van der Waals surface area contributed by atoms with Crippen molar-refractivity contribution in [2.24, 2.45) is 0 Å². The predicted molar refractivity (Wildman–Crippen MR) is 83.3 cm³/mol. The Morgan fingerprint density at radius 3 is 2.83 bits per heavy atom. The molecule has 0 aliphatic carbocycles. The lowest BCUT2D eigenvalue weighted by Crippen LogP contribution is -2.35. The highest BCUT2D eigenvalue weighted by Gasteiger charge is 2.22. The van der Waals surface area contributed by atoms with Crippen LogP contribution in [0.5, 0.6) is 0 Å². The minimum Gasteiger partial charge on any atom is -0.468 e. The first-order valence-electron chi connectivity index (χ1n) is 7.13. The Kier molecular flexibility index (Phi) is 5.69. The van der Waals surface area contributed by atoms with E-state index in [4.69, 9.17) is 0 Å². The van der Waals surface area contributed by atoms with Gasteiger partial charge in [0.1, 0.15) is 6.54 Å². The molecule has 0 saturated carbocycles. The molecule has 1 unspecified atom stereocenters. The molecule has 0 aromatic heterocycles. The van der Waals surface area contributed by atoms with Gasteiger partial charge in [-0.05, 0) is 37.6 Å². The van der Waals surface area contributed by atoms with E-state index in [0.29, 0.717) is 5.69 Å². The maximum atomic E-state index is 12.1. The third-order valence-electron chi connectivity index (χ3n) is 3.42. The van der Waals surface area contributed by atoms with Crippen LogP contribution in [0.15, 0.2) is 29.2 Å². The van der Waals surface area contributed by atoms with E-state index in [0.717, 1.165) is 19.4 Å². The summed E-state index contributed by atoms with van der Waals surface area (Å²) in [7, 11) is -2.69. The summed E-state index contributed by atoms with van der Waals surface area (Å²) in [4.78, 5) is 23.0. The number of benzene rings is 1. The van der Waals surface area contributed by atoms with Gasteiger partial charge in [0.2, 0.25) is 15.9 Å². The number of esters is 1. The fourth-order valence-electron chi connectivity index (χ4n) is 2.19. The Morgan fingerprint density at radius 1 is 1.39 bits per heavy atom. The zero-order chi connectivity index (χ0) is 16.9. The monoisotopic (exact) mass is 341 g/mol. The minimum atomic E-state index is -3.86. The summed E-state index contributed by atoms with van der Waals surface area (Å²) < 4.78 is 30.7. The van der Waals surface area contributed by atoms with Crippen LogP contribution < -0.4 is 15.4 Å². The van der Waals surface area contributed by atoms with Gasteiger partial charge in [-0.25, -0.2) is 8.42 Å². The lowest BCUT2D eigenvalue weighted by Gasteiger charge is -2.12. The van der Waals surface area contributed by atoms with E-state index in [-0.39, 0.29) is 16.8 Å². The molecule has 1 aliphatic rings. The molecule has 2 rings (SSSR count). The van der Waals surface area contributed by atoms with Gasteiger partial charge in [0.25, 0.3) is 0 Å². The van der Waals surface area contributed by atoms with Crippen molar-refractivity contribution in [2.75, 3.05) is 25.5 Å². The number of rotatable bonds is 6. The Labute approximate surface area is 134 Å². The van der Waals surface area contributed by atoms with Crippen molar-refractivity contribution in [3.05, 3.63) is 24.3 Å². The molecular formula is C14H19N3O5S. The van der Waals surface area contributed by atoms with Gasteiger partial charge in [-0.2, -0.15) is 4.72 Å². The molecule has 1 atom stereocenters. The lowest BCUT2D eigenvalue weighted by molar-refractivity contribution is -0.139. The fraction of sp³-hybridized carbons (Fsp3) is 0.429. The normalized spacial score (nSPS) is 17.7. The van der Waals surface area contributed by atoms with E-state index in [1.54, 1.807) is 6.07 Å². The minimum absolute atomic E-state index is 0.0430. The molecule has 23 heavy (non-hydrogen) atoms. The molecule has 8 nitrogen and oxygen atoms in total. The van der Waals surface area contributed by atoms with E-state index < -0.39 is 22.5 Å². The predicted octanol–water partition coefficient (Wildman–Crippen LogP) is -0.172.